The molecule has 0 spiro atoms. The Hall–Kier alpha value is -1.67. The Morgan fingerprint density at radius 1 is 1.46 bits per heavy atom. The third-order valence-electron chi connectivity index (χ3n) is 3.33. The van der Waals surface area contributed by atoms with Gasteiger partial charge >= 0.3 is 6.09 Å². The number of alkyl carbamates (subject to hydrolysis) is 1. The number of carbonyl (C=O) groups is 1. The first-order chi connectivity index (χ1) is 11.0. The van der Waals surface area contributed by atoms with Crippen LogP contribution < -0.4 is 5.32 Å². The average molecular weight is 402 g/mol. The van der Waals surface area contributed by atoms with Crippen molar-refractivity contribution in [2.45, 2.75) is 45.9 Å². The molecule has 1 aromatic carbocycles. The average Bonchev–Trinajstić information content (AvgIpc) is 2.44. The number of hydrogen-bond donors (Lipinski definition) is 1. The van der Waals surface area contributed by atoms with Gasteiger partial charge in [0.25, 0.3) is 5.69 Å². The van der Waals surface area contributed by atoms with Crippen LogP contribution in [0.25, 0.3) is 0 Å². The number of nitro benzene ring substituents is 1. The van der Waals surface area contributed by atoms with Crippen LogP contribution >= 0.6 is 15.9 Å². The van der Waals surface area contributed by atoms with E-state index in [4.69, 9.17) is 4.74 Å². The van der Waals surface area contributed by atoms with Crippen molar-refractivity contribution in [2.24, 2.45) is 0 Å². The Balaban J connectivity index is 2.58. The molecule has 24 heavy (non-hydrogen) atoms. The lowest BCUT2D eigenvalue weighted by Crippen LogP contribution is -2.41. The van der Waals surface area contributed by atoms with Gasteiger partial charge in [-0.3, -0.25) is 15.0 Å². The molecule has 0 aliphatic heterocycles. The van der Waals surface area contributed by atoms with Crippen LogP contribution in [0.15, 0.2) is 22.7 Å². The van der Waals surface area contributed by atoms with Gasteiger partial charge in [0.15, 0.2) is 0 Å². The minimum atomic E-state index is -0.532. The molecule has 1 amide bonds. The number of ether oxygens (including phenoxy) is 1. The van der Waals surface area contributed by atoms with E-state index in [0.29, 0.717) is 17.6 Å². The maximum Gasteiger partial charge on any atom is 0.407 e. The molecule has 1 N–H and O–H groups in total. The van der Waals surface area contributed by atoms with E-state index in [1.54, 1.807) is 12.1 Å². The topological polar surface area (TPSA) is 84.7 Å². The molecule has 0 saturated heterocycles. The van der Waals surface area contributed by atoms with Crippen LogP contribution in [-0.4, -0.2) is 41.2 Å². The van der Waals surface area contributed by atoms with Gasteiger partial charge < -0.3 is 10.1 Å². The summed E-state index contributed by atoms with van der Waals surface area (Å²) in [5, 5.41) is 13.7. The number of likely N-dealkylation sites (N-methyl/N-ethyl adjacent to an activating group) is 1. The van der Waals surface area contributed by atoms with E-state index in [0.717, 1.165) is 5.56 Å². The van der Waals surface area contributed by atoms with E-state index in [1.165, 1.54) is 0 Å². The fraction of sp³-hybridized carbons (Fsp3) is 0.562. The van der Waals surface area contributed by atoms with Gasteiger partial charge in [0, 0.05) is 25.2 Å². The SMILES string of the molecule is C[C@@H](CNC(=O)OC(C)(C)C)N(C)Cc1ccc(Br)c([N+](=O)[O-])c1. The first kappa shape index (κ1) is 20.4. The molecule has 0 saturated carbocycles. The van der Waals surface area contributed by atoms with Crippen LogP contribution in [0.5, 0.6) is 0 Å². The molecule has 0 fully saturated rings. The number of nitrogens with one attached hydrogen (secondary N) is 1. The summed E-state index contributed by atoms with van der Waals surface area (Å²) in [5.41, 5.74) is 0.340. The highest BCUT2D eigenvalue weighted by atomic mass is 79.9. The summed E-state index contributed by atoms with van der Waals surface area (Å²) in [5.74, 6) is 0. The van der Waals surface area contributed by atoms with E-state index in [9.17, 15) is 14.9 Å². The third kappa shape index (κ3) is 6.84. The van der Waals surface area contributed by atoms with Crippen molar-refractivity contribution in [1.29, 1.82) is 0 Å². The molecular weight excluding hydrogens is 378 g/mol. The van der Waals surface area contributed by atoms with Gasteiger partial charge in [-0.2, -0.15) is 0 Å². The smallest absolute Gasteiger partial charge is 0.407 e. The van der Waals surface area contributed by atoms with Crippen molar-refractivity contribution in [3.63, 3.8) is 0 Å². The standard InChI is InChI=1S/C16H24BrN3O4/c1-11(9-18-15(21)24-16(2,3)4)19(5)10-12-6-7-13(17)14(8-12)20(22)23/h6-8,11H,9-10H2,1-5H3,(H,18,21)/t11-/m0/s1. The molecule has 134 valence electrons. The predicted molar refractivity (Wildman–Crippen MR) is 96.0 cm³/mol. The van der Waals surface area contributed by atoms with Crippen molar-refractivity contribution in [3.05, 3.63) is 38.3 Å². The third-order valence-corrected chi connectivity index (χ3v) is 4.00. The highest BCUT2D eigenvalue weighted by molar-refractivity contribution is 9.10. The van der Waals surface area contributed by atoms with E-state index >= 15 is 0 Å². The molecule has 1 rings (SSSR count). The van der Waals surface area contributed by atoms with Gasteiger partial charge in [0.05, 0.1) is 9.40 Å². The molecule has 0 aliphatic carbocycles. The summed E-state index contributed by atoms with van der Waals surface area (Å²) in [6, 6.07) is 5.10. The van der Waals surface area contributed by atoms with Gasteiger partial charge in [0.2, 0.25) is 0 Å². The molecule has 0 bridgehead atoms. The second kappa shape index (κ2) is 8.43. The molecule has 0 aliphatic rings. The highest BCUT2D eigenvalue weighted by Crippen LogP contribution is 2.26. The fourth-order valence-corrected chi connectivity index (χ4v) is 2.33. The normalized spacial score (nSPS) is 12.8. The zero-order valence-corrected chi connectivity index (χ0v) is 16.2. The van der Waals surface area contributed by atoms with Crippen molar-refractivity contribution in [3.8, 4) is 0 Å². The number of amides is 1. The molecule has 1 atom stereocenters. The van der Waals surface area contributed by atoms with Gasteiger partial charge in [-0.25, -0.2) is 4.79 Å². The van der Waals surface area contributed by atoms with Crippen LogP contribution in [0.2, 0.25) is 0 Å². The number of carbonyl (C=O) groups excluding carboxylic acids is 1. The minimum Gasteiger partial charge on any atom is -0.444 e. The number of rotatable bonds is 6. The predicted octanol–water partition coefficient (Wildman–Crippen LogP) is 3.70. The molecule has 1 aromatic rings. The lowest BCUT2D eigenvalue weighted by Gasteiger charge is -2.26. The maximum absolute atomic E-state index is 11.7. The van der Waals surface area contributed by atoms with Gasteiger partial charge in [-0.05, 0) is 62.3 Å². The van der Waals surface area contributed by atoms with Crippen molar-refractivity contribution in [2.75, 3.05) is 13.6 Å². The van der Waals surface area contributed by atoms with Crippen LogP contribution in [0, 0.1) is 10.1 Å². The Bertz CT molecular complexity index is 601. The second-order valence-electron chi connectivity index (χ2n) is 6.69. The summed E-state index contributed by atoms with van der Waals surface area (Å²) in [7, 11) is 1.90. The van der Waals surface area contributed by atoms with Crippen LogP contribution in [0.1, 0.15) is 33.3 Å². The molecule has 0 radical (unpaired) electrons. The van der Waals surface area contributed by atoms with Crippen LogP contribution in [0.4, 0.5) is 10.5 Å². The van der Waals surface area contributed by atoms with Crippen LogP contribution in [-0.2, 0) is 11.3 Å². The second-order valence-corrected chi connectivity index (χ2v) is 7.54. The van der Waals surface area contributed by atoms with E-state index < -0.39 is 16.6 Å². The molecule has 8 heteroatoms. The Kier molecular flexibility index (Phi) is 7.16. The van der Waals surface area contributed by atoms with E-state index in [2.05, 4.69) is 21.2 Å². The zero-order chi connectivity index (χ0) is 18.5. The molecule has 7 nitrogen and oxygen atoms in total. The molecule has 0 unspecified atom stereocenters. The monoisotopic (exact) mass is 401 g/mol. The summed E-state index contributed by atoms with van der Waals surface area (Å²) in [4.78, 5) is 24.2. The fourth-order valence-electron chi connectivity index (χ4n) is 1.94. The van der Waals surface area contributed by atoms with Crippen molar-refractivity contribution >= 4 is 27.7 Å². The van der Waals surface area contributed by atoms with Crippen LogP contribution in [0.3, 0.4) is 0 Å². The minimum absolute atomic E-state index is 0.0419. The Labute approximate surface area is 150 Å². The van der Waals surface area contributed by atoms with Crippen molar-refractivity contribution in [1.82, 2.24) is 10.2 Å². The van der Waals surface area contributed by atoms with E-state index in [-0.39, 0.29) is 11.7 Å². The summed E-state index contributed by atoms with van der Waals surface area (Å²) in [6.45, 7) is 8.34. The lowest BCUT2D eigenvalue weighted by molar-refractivity contribution is -0.385. The summed E-state index contributed by atoms with van der Waals surface area (Å²) >= 11 is 3.17. The largest absolute Gasteiger partial charge is 0.444 e. The molecule has 0 heterocycles. The first-order valence-corrected chi connectivity index (χ1v) is 8.39. The lowest BCUT2D eigenvalue weighted by atomic mass is 10.1. The quantitative estimate of drug-likeness (QED) is 0.579. The first-order valence-electron chi connectivity index (χ1n) is 7.59. The highest BCUT2D eigenvalue weighted by Gasteiger charge is 2.18. The van der Waals surface area contributed by atoms with E-state index in [1.807, 2.05) is 45.7 Å². The number of hydrogen-bond acceptors (Lipinski definition) is 5. The van der Waals surface area contributed by atoms with Gasteiger partial charge in [0.1, 0.15) is 5.60 Å². The van der Waals surface area contributed by atoms with Gasteiger partial charge in [-0.15, -0.1) is 0 Å². The van der Waals surface area contributed by atoms with Crippen molar-refractivity contribution < 1.29 is 14.5 Å². The zero-order valence-electron chi connectivity index (χ0n) is 14.6. The number of nitrogens with zero attached hydrogens (tertiary/aromatic N) is 2. The molecular formula is C16H24BrN3O4. The molecule has 0 aromatic heterocycles. The van der Waals surface area contributed by atoms with Gasteiger partial charge in [-0.1, -0.05) is 6.07 Å². The number of benzene rings is 1. The Morgan fingerprint density at radius 3 is 2.62 bits per heavy atom. The number of halogens is 1. The Morgan fingerprint density at radius 2 is 2.08 bits per heavy atom. The maximum atomic E-state index is 11.7. The summed E-state index contributed by atoms with van der Waals surface area (Å²) in [6.07, 6.45) is -0.456. The summed E-state index contributed by atoms with van der Waals surface area (Å²) < 4.78 is 5.65. The number of nitro groups is 1.